The molecule has 2 unspecified atom stereocenters. The Bertz CT molecular complexity index is 401. The van der Waals surface area contributed by atoms with Crippen LogP contribution in [-0.4, -0.2) is 12.5 Å². The van der Waals surface area contributed by atoms with Crippen molar-refractivity contribution >= 4 is 17.5 Å². The van der Waals surface area contributed by atoms with Crippen molar-refractivity contribution < 1.29 is 4.79 Å². The average Bonchev–Trinajstić information content (AvgIpc) is 2.82. The van der Waals surface area contributed by atoms with Gasteiger partial charge in [0.25, 0.3) is 5.91 Å². The molecule has 1 N–H and O–H groups in total. The molecule has 0 spiro atoms. The van der Waals surface area contributed by atoms with E-state index in [2.05, 4.69) is 12.2 Å². The van der Waals surface area contributed by atoms with E-state index in [-0.39, 0.29) is 5.91 Å². The van der Waals surface area contributed by atoms with Crippen molar-refractivity contribution in [2.75, 3.05) is 6.54 Å². The second-order valence-corrected chi connectivity index (χ2v) is 5.59. The van der Waals surface area contributed by atoms with Gasteiger partial charge in [-0.2, -0.15) is 0 Å². The summed E-state index contributed by atoms with van der Waals surface area (Å²) in [6.45, 7) is 3.09. The van der Waals surface area contributed by atoms with Crippen LogP contribution in [0.4, 0.5) is 0 Å². The number of carbonyl (C=O) groups is 1. The third-order valence-electron chi connectivity index (χ3n) is 3.73. The second-order valence-electron chi connectivity index (χ2n) is 5.32. The van der Waals surface area contributed by atoms with Gasteiger partial charge in [0.05, 0.1) is 0 Å². The van der Waals surface area contributed by atoms with Crippen molar-refractivity contribution in [3.05, 3.63) is 35.4 Å². The highest BCUT2D eigenvalue weighted by molar-refractivity contribution is 6.17. The average molecular weight is 266 g/mol. The molecule has 18 heavy (non-hydrogen) atoms. The summed E-state index contributed by atoms with van der Waals surface area (Å²) in [4.78, 5) is 11.9. The lowest BCUT2D eigenvalue weighted by Crippen LogP contribution is -2.28. The van der Waals surface area contributed by atoms with Crippen molar-refractivity contribution in [3.63, 3.8) is 0 Å². The molecule has 3 heteroatoms. The van der Waals surface area contributed by atoms with Crippen LogP contribution >= 0.6 is 11.6 Å². The molecule has 0 radical (unpaired) electrons. The van der Waals surface area contributed by atoms with Crippen LogP contribution in [0.1, 0.15) is 42.1 Å². The summed E-state index contributed by atoms with van der Waals surface area (Å²) in [6.07, 6.45) is 3.78. The third kappa shape index (κ3) is 3.49. The molecule has 1 amide bonds. The summed E-state index contributed by atoms with van der Waals surface area (Å²) in [5, 5.41) is 3.03. The van der Waals surface area contributed by atoms with E-state index in [4.69, 9.17) is 11.6 Å². The molecule has 2 atom stereocenters. The molecule has 1 saturated carbocycles. The van der Waals surface area contributed by atoms with Crippen molar-refractivity contribution in [3.8, 4) is 0 Å². The number of nitrogens with one attached hydrogen (secondary N) is 1. The molecule has 1 aromatic rings. The zero-order valence-electron chi connectivity index (χ0n) is 10.8. The molecule has 0 bridgehead atoms. The summed E-state index contributed by atoms with van der Waals surface area (Å²) in [5.74, 6) is 1.98. The Balaban J connectivity index is 1.83. The molecule has 0 aliphatic heterocycles. The predicted molar refractivity (Wildman–Crippen MR) is 74.8 cm³/mol. The van der Waals surface area contributed by atoms with Crippen molar-refractivity contribution in [1.29, 1.82) is 0 Å². The first-order valence-corrected chi connectivity index (χ1v) is 7.15. The number of halogens is 1. The SMILES string of the molecule is CC1CCC(CNC(=O)c2ccc(CCl)cc2)C1. The van der Waals surface area contributed by atoms with Gasteiger partial charge in [0.15, 0.2) is 0 Å². The number of alkyl halides is 1. The number of hydrogen-bond acceptors (Lipinski definition) is 1. The Labute approximate surface area is 114 Å². The number of hydrogen-bond donors (Lipinski definition) is 1. The Morgan fingerprint density at radius 2 is 2.06 bits per heavy atom. The minimum absolute atomic E-state index is 0.0238. The number of rotatable bonds is 4. The second kappa shape index (κ2) is 6.24. The summed E-state index contributed by atoms with van der Waals surface area (Å²) < 4.78 is 0. The van der Waals surface area contributed by atoms with E-state index in [9.17, 15) is 4.79 Å². The standard InChI is InChI=1S/C15H20ClNO/c1-11-2-3-13(8-11)10-17-15(18)14-6-4-12(9-16)5-7-14/h4-7,11,13H,2-3,8-10H2,1H3,(H,17,18). The maximum Gasteiger partial charge on any atom is 0.251 e. The first kappa shape index (κ1) is 13.4. The normalized spacial score (nSPS) is 23.0. The van der Waals surface area contributed by atoms with Gasteiger partial charge in [-0.05, 0) is 42.4 Å². The Hall–Kier alpha value is -1.02. The highest BCUT2D eigenvalue weighted by Crippen LogP contribution is 2.29. The molecule has 0 saturated heterocycles. The lowest BCUT2D eigenvalue weighted by Gasteiger charge is -2.11. The van der Waals surface area contributed by atoms with Gasteiger partial charge in [-0.3, -0.25) is 4.79 Å². The first-order chi connectivity index (χ1) is 8.69. The van der Waals surface area contributed by atoms with E-state index in [1.54, 1.807) is 0 Å². The van der Waals surface area contributed by atoms with E-state index in [0.29, 0.717) is 11.8 Å². The quantitative estimate of drug-likeness (QED) is 0.829. The molecule has 2 nitrogen and oxygen atoms in total. The monoisotopic (exact) mass is 265 g/mol. The van der Waals surface area contributed by atoms with Gasteiger partial charge in [-0.1, -0.05) is 25.5 Å². The van der Waals surface area contributed by atoms with E-state index >= 15 is 0 Å². The molecule has 98 valence electrons. The van der Waals surface area contributed by atoms with Gasteiger partial charge in [-0.15, -0.1) is 11.6 Å². The maximum absolute atomic E-state index is 11.9. The fourth-order valence-corrected chi connectivity index (χ4v) is 2.77. The Morgan fingerprint density at radius 1 is 1.33 bits per heavy atom. The van der Waals surface area contributed by atoms with Gasteiger partial charge in [-0.25, -0.2) is 0 Å². The van der Waals surface area contributed by atoms with Crippen molar-refractivity contribution in [2.24, 2.45) is 11.8 Å². The molecule has 0 aromatic heterocycles. The molecular formula is C15H20ClNO. The van der Waals surface area contributed by atoms with E-state index < -0.39 is 0 Å². The minimum atomic E-state index is 0.0238. The minimum Gasteiger partial charge on any atom is -0.352 e. The van der Waals surface area contributed by atoms with E-state index in [0.717, 1.165) is 23.6 Å². The largest absolute Gasteiger partial charge is 0.352 e. The lowest BCUT2D eigenvalue weighted by molar-refractivity contribution is 0.0947. The summed E-state index contributed by atoms with van der Waals surface area (Å²) in [5.41, 5.74) is 1.76. The molecule has 1 aromatic carbocycles. The number of amides is 1. The summed E-state index contributed by atoms with van der Waals surface area (Å²) in [6, 6.07) is 7.48. The Morgan fingerprint density at radius 3 is 2.61 bits per heavy atom. The fourth-order valence-electron chi connectivity index (χ4n) is 2.59. The van der Waals surface area contributed by atoms with E-state index in [1.165, 1.54) is 19.3 Å². The van der Waals surface area contributed by atoms with Crippen LogP contribution in [0.25, 0.3) is 0 Å². The third-order valence-corrected chi connectivity index (χ3v) is 4.03. The topological polar surface area (TPSA) is 29.1 Å². The van der Waals surface area contributed by atoms with E-state index in [1.807, 2.05) is 24.3 Å². The fraction of sp³-hybridized carbons (Fsp3) is 0.533. The highest BCUT2D eigenvalue weighted by Gasteiger charge is 2.21. The first-order valence-electron chi connectivity index (χ1n) is 6.62. The van der Waals surface area contributed by atoms with Crippen LogP contribution in [0.5, 0.6) is 0 Å². The summed E-state index contributed by atoms with van der Waals surface area (Å²) >= 11 is 5.72. The van der Waals surface area contributed by atoms with Gasteiger partial charge >= 0.3 is 0 Å². The van der Waals surface area contributed by atoms with Crippen molar-refractivity contribution in [1.82, 2.24) is 5.32 Å². The van der Waals surface area contributed by atoms with Crippen LogP contribution in [0, 0.1) is 11.8 Å². The zero-order valence-corrected chi connectivity index (χ0v) is 11.5. The van der Waals surface area contributed by atoms with Crippen LogP contribution in [0.3, 0.4) is 0 Å². The van der Waals surface area contributed by atoms with Gasteiger partial charge in [0.2, 0.25) is 0 Å². The van der Waals surface area contributed by atoms with Gasteiger partial charge < -0.3 is 5.32 Å². The predicted octanol–water partition coefficient (Wildman–Crippen LogP) is 3.59. The number of benzene rings is 1. The van der Waals surface area contributed by atoms with Crippen LogP contribution < -0.4 is 5.32 Å². The maximum atomic E-state index is 11.9. The van der Waals surface area contributed by atoms with Crippen LogP contribution in [-0.2, 0) is 5.88 Å². The van der Waals surface area contributed by atoms with Gasteiger partial charge in [0, 0.05) is 18.0 Å². The number of carbonyl (C=O) groups excluding carboxylic acids is 1. The van der Waals surface area contributed by atoms with Crippen molar-refractivity contribution in [2.45, 2.75) is 32.1 Å². The lowest BCUT2D eigenvalue weighted by atomic mass is 10.1. The smallest absolute Gasteiger partial charge is 0.251 e. The molecule has 1 aliphatic rings. The van der Waals surface area contributed by atoms with Crippen LogP contribution in [0.15, 0.2) is 24.3 Å². The molecule has 1 fully saturated rings. The summed E-state index contributed by atoms with van der Waals surface area (Å²) in [7, 11) is 0. The molecule has 0 heterocycles. The molecule has 1 aliphatic carbocycles. The van der Waals surface area contributed by atoms with Crippen LogP contribution in [0.2, 0.25) is 0 Å². The Kier molecular flexibility index (Phi) is 4.65. The molecular weight excluding hydrogens is 246 g/mol. The van der Waals surface area contributed by atoms with Gasteiger partial charge in [0.1, 0.15) is 0 Å². The zero-order chi connectivity index (χ0) is 13.0. The molecule has 2 rings (SSSR count). The highest BCUT2D eigenvalue weighted by atomic mass is 35.5.